The zero-order valence-corrected chi connectivity index (χ0v) is 16.2. The third-order valence-corrected chi connectivity index (χ3v) is 5.14. The van der Waals surface area contributed by atoms with Crippen molar-refractivity contribution < 1.29 is 33.3 Å². The SMILES string of the molecule is COc1ccc(C(=O)Oc2ccc(C(=O)O[C@H]3COC4C3OC[C@@H]4C)cc2)cc1. The van der Waals surface area contributed by atoms with Crippen molar-refractivity contribution in [2.45, 2.75) is 25.2 Å². The second-order valence-corrected chi connectivity index (χ2v) is 7.16. The van der Waals surface area contributed by atoms with E-state index in [4.69, 9.17) is 23.7 Å². The molecule has 0 bridgehead atoms. The topological polar surface area (TPSA) is 80.3 Å². The second kappa shape index (κ2) is 8.23. The standard InChI is InChI=1S/C22H22O7/c1-13-11-26-20-18(12-27-19(13)20)29-22(24)15-5-9-17(10-6-15)28-21(23)14-3-7-16(25-2)8-4-14/h3-10,13,18-20H,11-12H2,1-2H3/t13-,18-,19?,20?/m0/s1. The van der Waals surface area contributed by atoms with Gasteiger partial charge in [0.05, 0.1) is 37.6 Å². The fourth-order valence-electron chi connectivity index (χ4n) is 3.51. The summed E-state index contributed by atoms with van der Waals surface area (Å²) in [6.45, 7) is 3.00. The van der Waals surface area contributed by atoms with Crippen molar-refractivity contribution in [1.82, 2.24) is 0 Å². The Kier molecular flexibility index (Phi) is 5.51. The molecule has 0 aromatic heterocycles. The van der Waals surface area contributed by atoms with E-state index in [0.29, 0.717) is 41.8 Å². The van der Waals surface area contributed by atoms with Gasteiger partial charge in [-0.25, -0.2) is 9.59 Å². The lowest BCUT2D eigenvalue weighted by Gasteiger charge is -2.16. The minimum absolute atomic E-state index is 0.0208. The monoisotopic (exact) mass is 398 g/mol. The Balaban J connectivity index is 1.35. The quantitative estimate of drug-likeness (QED) is 0.566. The smallest absolute Gasteiger partial charge is 0.343 e. The second-order valence-electron chi connectivity index (χ2n) is 7.16. The Morgan fingerprint density at radius 1 is 0.828 bits per heavy atom. The van der Waals surface area contributed by atoms with Crippen molar-refractivity contribution >= 4 is 11.9 Å². The molecule has 4 atom stereocenters. The average Bonchev–Trinajstić information content (AvgIpc) is 3.31. The van der Waals surface area contributed by atoms with Crippen LogP contribution in [0.25, 0.3) is 0 Å². The van der Waals surface area contributed by atoms with Crippen LogP contribution in [-0.4, -0.2) is 50.6 Å². The minimum atomic E-state index is -0.496. The third-order valence-electron chi connectivity index (χ3n) is 5.14. The van der Waals surface area contributed by atoms with Crippen molar-refractivity contribution in [1.29, 1.82) is 0 Å². The van der Waals surface area contributed by atoms with E-state index >= 15 is 0 Å². The minimum Gasteiger partial charge on any atom is -0.497 e. The van der Waals surface area contributed by atoms with Crippen molar-refractivity contribution in [2.24, 2.45) is 5.92 Å². The first kappa shape index (κ1) is 19.4. The van der Waals surface area contributed by atoms with E-state index in [9.17, 15) is 9.59 Å². The fourth-order valence-corrected chi connectivity index (χ4v) is 3.51. The van der Waals surface area contributed by atoms with Crippen LogP contribution < -0.4 is 9.47 Å². The molecule has 2 aromatic rings. The van der Waals surface area contributed by atoms with Gasteiger partial charge in [-0.3, -0.25) is 0 Å². The number of esters is 2. The lowest BCUT2D eigenvalue weighted by atomic mass is 10.0. The maximum Gasteiger partial charge on any atom is 0.343 e. The normalized spacial score (nSPS) is 25.3. The first-order chi connectivity index (χ1) is 14.0. The molecule has 2 saturated heterocycles. The molecular weight excluding hydrogens is 376 g/mol. The molecular formula is C22H22O7. The molecule has 2 aliphatic heterocycles. The molecule has 2 aliphatic rings. The van der Waals surface area contributed by atoms with Crippen LogP contribution in [-0.2, 0) is 14.2 Å². The van der Waals surface area contributed by atoms with Gasteiger partial charge in [0.15, 0.2) is 6.10 Å². The number of hydrogen-bond donors (Lipinski definition) is 0. The van der Waals surface area contributed by atoms with E-state index in [1.807, 2.05) is 0 Å². The zero-order chi connectivity index (χ0) is 20.4. The van der Waals surface area contributed by atoms with Crippen molar-refractivity contribution in [3.8, 4) is 11.5 Å². The summed E-state index contributed by atoms with van der Waals surface area (Å²) < 4.78 is 27.3. The lowest BCUT2D eigenvalue weighted by molar-refractivity contribution is -0.0158. The van der Waals surface area contributed by atoms with E-state index in [-0.39, 0.29) is 12.2 Å². The number of benzene rings is 2. The van der Waals surface area contributed by atoms with Gasteiger partial charge < -0.3 is 23.7 Å². The molecule has 0 radical (unpaired) electrons. The highest BCUT2D eigenvalue weighted by Crippen LogP contribution is 2.32. The maximum atomic E-state index is 12.4. The van der Waals surface area contributed by atoms with E-state index in [2.05, 4.69) is 6.92 Å². The Labute approximate surface area is 168 Å². The van der Waals surface area contributed by atoms with Crippen LogP contribution in [0, 0.1) is 5.92 Å². The number of hydrogen-bond acceptors (Lipinski definition) is 7. The number of methoxy groups -OCH3 is 1. The molecule has 0 spiro atoms. The predicted molar refractivity (Wildman–Crippen MR) is 102 cm³/mol. The number of ether oxygens (including phenoxy) is 5. The molecule has 2 aromatic carbocycles. The van der Waals surface area contributed by atoms with Gasteiger partial charge in [-0.2, -0.15) is 0 Å². The van der Waals surface area contributed by atoms with Gasteiger partial charge in [-0.05, 0) is 48.5 Å². The molecule has 2 heterocycles. The van der Waals surface area contributed by atoms with Crippen LogP contribution in [0.3, 0.4) is 0 Å². The van der Waals surface area contributed by atoms with Crippen LogP contribution in [0.2, 0.25) is 0 Å². The summed E-state index contributed by atoms with van der Waals surface area (Å²) in [5.74, 6) is 0.323. The van der Waals surface area contributed by atoms with Crippen molar-refractivity contribution in [3.05, 3.63) is 59.7 Å². The number of carbonyl (C=O) groups is 2. The highest BCUT2D eigenvalue weighted by Gasteiger charge is 2.47. The third kappa shape index (κ3) is 4.11. The maximum absolute atomic E-state index is 12.4. The highest BCUT2D eigenvalue weighted by molar-refractivity contribution is 5.92. The lowest BCUT2D eigenvalue weighted by Crippen LogP contribution is -2.32. The van der Waals surface area contributed by atoms with Gasteiger partial charge in [-0.15, -0.1) is 0 Å². The largest absolute Gasteiger partial charge is 0.497 e. The summed E-state index contributed by atoms with van der Waals surface area (Å²) in [6, 6.07) is 12.8. The molecule has 152 valence electrons. The predicted octanol–water partition coefficient (Wildman–Crippen LogP) is 2.87. The van der Waals surface area contributed by atoms with E-state index in [1.54, 1.807) is 55.6 Å². The van der Waals surface area contributed by atoms with Gasteiger partial charge in [0.1, 0.15) is 17.6 Å². The summed E-state index contributed by atoms with van der Waals surface area (Å²) in [4.78, 5) is 24.6. The summed E-state index contributed by atoms with van der Waals surface area (Å²) in [6.07, 6.45) is -0.642. The zero-order valence-electron chi connectivity index (χ0n) is 16.2. The Morgan fingerprint density at radius 2 is 1.41 bits per heavy atom. The molecule has 7 nitrogen and oxygen atoms in total. The number of carbonyl (C=O) groups excluding carboxylic acids is 2. The van der Waals surface area contributed by atoms with Crippen molar-refractivity contribution in [3.63, 3.8) is 0 Å². The summed E-state index contributed by atoms with van der Waals surface area (Å²) in [5, 5.41) is 0. The molecule has 7 heteroatoms. The fraction of sp³-hybridized carbons (Fsp3) is 0.364. The first-order valence-corrected chi connectivity index (χ1v) is 9.45. The van der Waals surface area contributed by atoms with Crippen LogP contribution in [0.15, 0.2) is 48.5 Å². The van der Waals surface area contributed by atoms with Gasteiger partial charge in [0.2, 0.25) is 0 Å². The summed E-state index contributed by atoms with van der Waals surface area (Å²) in [7, 11) is 1.55. The van der Waals surface area contributed by atoms with Crippen LogP contribution in [0.1, 0.15) is 27.6 Å². The van der Waals surface area contributed by atoms with E-state index in [1.165, 1.54) is 0 Å². The molecule has 2 fully saturated rings. The highest BCUT2D eigenvalue weighted by atomic mass is 16.6. The van der Waals surface area contributed by atoms with Gasteiger partial charge in [-0.1, -0.05) is 6.92 Å². The Morgan fingerprint density at radius 3 is 2.07 bits per heavy atom. The Bertz CT molecular complexity index is 875. The molecule has 0 N–H and O–H groups in total. The van der Waals surface area contributed by atoms with Crippen LogP contribution in [0.4, 0.5) is 0 Å². The van der Waals surface area contributed by atoms with Crippen molar-refractivity contribution in [2.75, 3.05) is 20.3 Å². The average molecular weight is 398 g/mol. The van der Waals surface area contributed by atoms with E-state index in [0.717, 1.165) is 0 Å². The molecule has 2 unspecified atom stereocenters. The molecule has 29 heavy (non-hydrogen) atoms. The van der Waals surface area contributed by atoms with Gasteiger partial charge >= 0.3 is 11.9 Å². The number of rotatable bonds is 5. The molecule has 0 saturated carbocycles. The van der Waals surface area contributed by atoms with Crippen LogP contribution in [0.5, 0.6) is 11.5 Å². The molecule has 4 rings (SSSR count). The van der Waals surface area contributed by atoms with Gasteiger partial charge in [0.25, 0.3) is 0 Å². The van der Waals surface area contributed by atoms with E-state index < -0.39 is 18.0 Å². The van der Waals surface area contributed by atoms with Crippen LogP contribution >= 0.6 is 0 Å². The summed E-state index contributed by atoms with van der Waals surface area (Å²) in [5.41, 5.74) is 0.764. The number of fused-ring (bicyclic) bond motifs is 1. The van der Waals surface area contributed by atoms with Gasteiger partial charge in [0, 0.05) is 5.92 Å². The summed E-state index contributed by atoms with van der Waals surface area (Å²) >= 11 is 0. The first-order valence-electron chi connectivity index (χ1n) is 9.45. The molecule has 0 aliphatic carbocycles. The molecule has 0 amide bonds. The Hall–Kier alpha value is -2.90.